The molecule has 6 heteroatoms. The Morgan fingerprint density at radius 3 is 2.60 bits per heavy atom. The van der Waals surface area contributed by atoms with Crippen LogP contribution in [0.5, 0.6) is 5.75 Å². The maximum atomic E-state index is 9.28. The van der Waals surface area contributed by atoms with Crippen molar-refractivity contribution in [3.05, 3.63) is 53.0 Å². The zero-order valence-electron chi connectivity index (χ0n) is 10.2. The molecule has 0 saturated carbocycles. The fraction of sp³-hybridized carbons (Fsp3) is 0. The van der Waals surface area contributed by atoms with Gasteiger partial charge in [-0.1, -0.05) is 11.6 Å². The van der Waals surface area contributed by atoms with Gasteiger partial charge in [0, 0.05) is 17.1 Å². The zero-order chi connectivity index (χ0) is 13.9. The number of halogens is 1. The second-order valence-corrected chi connectivity index (χ2v) is 5.37. The molecular formula is C14H10ClN3OS. The van der Waals surface area contributed by atoms with Gasteiger partial charge in [-0.15, -0.1) is 11.3 Å². The van der Waals surface area contributed by atoms with E-state index in [1.54, 1.807) is 30.5 Å². The summed E-state index contributed by atoms with van der Waals surface area (Å²) in [7, 11) is 0. The first-order valence-corrected chi connectivity index (χ1v) is 7.10. The van der Waals surface area contributed by atoms with E-state index in [4.69, 9.17) is 11.6 Å². The first-order chi connectivity index (χ1) is 9.70. The van der Waals surface area contributed by atoms with Gasteiger partial charge in [0.05, 0.1) is 10.7 Å². The molecule has 0 aliphatic heterocycles. The van der Waals surface area contributed by atoms with Crippen LogP contribution in [-0.4, -0.2) is 15.1 Å². The van der Waals surface area contributed by atoms with Gasteiger partial charge in [-0.3, -0.25) is 0 Å². The first kappa shape index (κ1) is 12.9. The second kappa shape index (κ2) is 5.48. The van der Waals surface area contributed by atoms with E-state index >= 15 is 0 Å². The van der Waals surface area contributed by atoms with E-state index in [0.29, 0.717) is 10.8 Å². The highest BCUT2D eigenvalue weighted by Crippen LogP contribution is 2.27. The quantitative estimate of drug-likeness (QED) is 0.757. The third-order valence-electron chi connectivity index (χ3n) is 2.63. The van der Waals surface area contributed by atoms with Crippen LogP contribution in [-0.2, 0) is 0 Å². The van der Waals surface area contributed by atoms with Crippen LogP contribution in [0.3, 0.4) is 0 Å². The molecule has 0 amide bonds. The van der Waals surface area contributed by atoms with Crippen LogP contribution < -0.4 is 5.32 Å². The number of pyridine rings is 1. The van der Waals surface area contributed by atoms with E-state index in [1.807, 2.05) is 17.5 Å². The molecule has 3 aromatic rings. The average Bonchev–Trinajstić information content (AvgIpc) is 2.91. The highest BCUT2D eigenvalue weighted by atomic mass is 35.5. The molecule has 0 bridgehead atoms. The Morgan fingerprint density at radius 1 is 1.10 bits per heavy atom. The van der Waals surface area contributed by atoms with Gasteiger partial charge in [0.2, 0.25) is 0 Å². The minimum atomic E-state index is 0.243. The van der Waals surface area contributed by atoms with Crippen molar-refractivity contribution in [3.8, 4) is 17.0 Å². The molecule has 100 valence electrons. The normalized spacial score (nSPS) is 10.4. The third-order valence-corrected chi connectivity index (χ3v) is 3.61. The van der Waals surface area contributed by atoms with Gasteiger partial charge in [0.15, 0.2) is 5.13 Å². The average molecular weight is 304 g/mol. The van der Waals surface area contributed by atoms with Crippen molar-refractivity contribution in [2.45, 2.75) is 0 Å². The summed E-state index contributed by atoms with van der Waals surface area (Å²) >= 11 is 7.28. The molecule has 0 aliphatic rings. The molecule has 1 aromatic carbocycles. The Kier molecular flexibility index (Phi) is 3.54. The number of hydrogen-bond donors (Lipinski definition) is 2. The molecule has 0 atom stereocenters. The molecule has 0 aliphatic carbocycles. The van der Waals surface area contributed by atoms with Crippen molar-refractivity contribution in [3.63, 3.8) is 0 Å². The molecule has 2 heterocycles. The van der Waals surface area contributed by atoms with Gasteiger partial charge in [0.25, 0.3) is 0 Å². The van der Waals surface area contributed by atoms with E-state index < -0.39 is 0 Å². The highest BCUT2D eigenvalue weighted by Gasteiger charge is 2.05. The standard InChI is InChI=1S/C14H10ClN3OS/c15-10-3-6-13(16-7-10)18-14-17-12(8-20-14)9-1-4-11(19)5-2-9/h1-8,19H,(H,16,17,18). The number of nitrogens with zero attached hydrogens (tertiary/aromatic N) is 2. The number of aromatic nitrogens is 2. The summed E-state index contributed by atoms with van der Waals surface area (Å²) in [5.41, 5.74) is 1.81. The molecule has 0 spiro atoms. The van der Waals surface area contributed by atoms with Crippen molar-refractivity contribution in [1.29, 1.82) is 0 Å². The predicted octanol–water partition coefficient (Wildman–Crippen LogP) is 4.31. The Labute approximate surface area is 124 Å². The van der Waals surface area contributed by atoms with Gasteiger partial charge in [0.1, 0.15) is 11.6 Å². The summed E-state index contributed by atoms with van der Waals surface area (Å²) in [6.45, 7) is 0. The zero-order valence-corrected chi connectivity index (χ0v) is 11.8. The summed E-state index contributed by atoms with van der Waals surface area (Å²) in [4.78, 5) is 8.64. The van der Waals surface area contributed by atoms with Crippen molar-refractivity contribution < 1.29 is 5.11 Å². The second-order valence-electron chi connectivity index (χ2n) is 4.07. The summed E-state index contributed by atoms with van der Waals surface area (Å²) in [6.07, 6.45) is 1.58. The molecule has 0 fully saturated rings. The lowest BCUT2D eigenvalue weighted by atomic mass is 10.2. The van der Waals surface area contributed by atoms with Crippen LogP contribution in [0.1, 0.15) is 0 Å². The topological polar surface area (TPSA) is 58.0 Å². The van der Waals surface area contributed by atoms with E-state index in [9.17, 15) is 5.11 Å². The van der Waals surface area contributed by atoms with Gasteiger partial charge in [-0.2, -0.15) is 0 Å². The van der Waals surface area contributed by atoms with Crippen molar-refractivity contribution in [1.82, 2.24) is 9.97 Å². The van der Waals surface area contributed by atoms with E-state index in [-0.39, 0.29) is 5.75 Å². The number of thiazole rings is 1. The molecule has 4 nitrogen and oxygen atoms in total. The summed E-state index contributed by atoms with van der Waals surface area (Å²) in [5.74, 6) is 0.939. The molecule has 2 aromatic heterocycles. The predicted molar refractivity (Wildman–Crippen MR) is 81.7 cm³/mol. The van der Waals surface area contributed by atoms with E-state index in [2.05, 4.69) is 15.3 Å². The minimum absolute atomic E-state index is 0.243. The number of anilines is 2. The number of phenolic OH excluding ortho intramolecular Hbond substituents is 1. The SMILES string of the molecule is Oc1ccc(-c2csc(Nc3ccc(Cl)cn3)n2)cc1. The molecule has 3 rings (SSSR count). The van der Waals surface area contributed by atoms with Gasteiger partial charge in [-0.05, 0) is 36.4 Å². The lowest BCUT2D eigenvalue weighted by Gasteiger charge is -2.01. The number of rotatable bonds is 3. The van der Waals surface area contributed by atoms with E-state index in [0.717, 1.165) is 16.4 Å². The molecular weight excluding hydrogens is 294 g/mol. The smallest absolute Gasteiger partial charge is 0.188 e. The van der Waals surface area contributed by atoms with Gasteiger partial charge >= 0.3 is 0 Å². The van der Waals surface area contributed by atoms with E-state index in [1.165, 1.54) is 11.3 Å². The van der Waals surface area contributed by atoms with Crippen LogP contribution >= 0.6 is 22.9 Å². The Hall–Kier alpha value is -2.11. The molecule has 0 saturated heterocycles. The highest BCUT2D eigenvalue weighted by molar-refractivity contribution is 7.14. The lowest BCUT2D eigenvalue weighted by Crippen LogP contribution is -1.92. The van der Waals surface area contributed by atoms with Crippen molar-refractivity contribution in [2.24, 2.45) is 0 Å². The number of nitrogens with one attached hydrogen (secondary N) is 1. The van der Waals surface area contributed by atoms with Crippen LogP contribution in [0.2, 0.25) is 5.02 Å². The molecule has 0 unspecified atom stereocenters. The third kappa shape index (κ3) is 2.89. The summed E-state index contributed by atoms with van der Waals surface area (Å²) < 4.78 is 0. The molecule has 2 N–H and O–H groups in total. The fourth-order valence-corrected chi connectivity index (χ4v) is 2.49. The number of aromatic hydroxyl groups is 1. The lowest BCUT2D eigenvalue weighted by molar-refractivity contribution is 0.475. The number of benzene rings is 1. The Morgan fingerprint density at radius 2 is 1.90 bits per heavy atom. The largest absolute Gasteiger partial charge is 0.508 e. The first-order valence-electron chi connectivity index (χ1n) is 5.84. The number of phenols is 1. The Balaban J connectivity index is 1.80. The molecule has 20 heavy (non-hydrogen) atoms. The molecule has 0 radical (unpaired) electrons. The minimum Gasteiger partial charge on any atom is -0.508 e. The summed E-state index contributed by atoms with van der Waals surface area (Å²) in [5, 5.41) is 15.7. The van der Waals surface area contributed by atoms with Crippen molar-refractivity contribution >= 4 is 33.9 Å². The van der Waals surface area contributed by atoms with Crippen LogP contribution in [0.4, 0.5) is 10.9 Å². The fourth-order valence-electron chi connectivity index (χ4n) is 1.66. The maximum Gasteiger partial charge on any atom is 0.188 e. The number of hydrogen-bond acceptors (Lipinski definition) is 5. The van der Waals surface area contributed by atoms with Crippen LogP contribution in [0, 0.1) is 0 Å². The van der Waals surface area contributed by atoms with Crippen LogP contribution in [0.25, 0.3) is 11.3 Å². The monoisotopic (exact) mass is 303 g/mol. The maximum absolute atomic E-state index is 9.28. The summed E-state index contributed by atoms with van der Waals surface area (Å²) in [6, 6.07) is 10.5. The van der Waals surface area contributed by atoms with Crippen LogP contribution in [0.15, 0.2) is 48.0 Å². The van der Waals surface area contributed by atoms with Gasteiger partial charge in [-0.25, -0.2) is 9.97 Å². The Bertz CT molecular complexity index is 710. The van der Waals surface area contributed by atoms with Gasteiger partial charge < -0.3 is 10.4 Å². The van der Waals surface area contributed by atoms with Crippen molar-refractivity contribution in [2.75, 3.05) is 5.32 Å².